The maximum Gasteiger partial charge on any atom is 0.126 e. The van der Waals surface area contributed by atoms with E-state index in [9.17, 15) is 8.78 Å². The maximum atomic E-state index is 13.3. The van der Waals surface area contributed by atoms with Crippen LogP contribution in [0.15, 0.2) is 18.2 Å². The van der Waals surface area contributed by atoms with Gasteiger partial charge in [0.05, 0.1) is 0 Å². The molecule has 1 aromatic carbocycles. The van der Waals surface area contributed by atoms with Gasteiger partial charge in [-0.2, -0.15) is 0 Å². The molecule has 0 radical (unpaired) electrons. The SMILES string of the molecule is CCC(C)N(CC)CCC(NC)c1cc(F)cc(F)c1. The minimum Gasteiger partial charge on any atom is -0.313 e. The van der Waals surface area contributed by atoms with Crippen molar-refractivity contribution in [3.63, 3.8) is 0 Å². The molecule has 0 aliphatic heterocycles. The molecule has 1 rings (SSSR count). The monoisotopic (exact) mass is 284 g/mol. The smallest absolute Gasteiger partial charge is 0.126 e. The van der Waals surface area contributed by atoms with Crippen molar-refractivity contribution in [1.82, 2.24) is 10.2 Å². The number of halogens is 2. The Labute approximate surface area is 121 Å². The molecule has 0 saturated carbocycles. The zero-order valence-corrected chi connectivity index (χ0v) is 12.9. The van der Waals surface area contributed by atoms with E-state index in [-0.39, 0.29) is 6.04 Å². The molecule has 2 nitrogen and oxygen atoms in total. The lowest BCUT2D eigenvalue weighted by Gasteiger charge is -2.29. The van der Waals surface area contributed by atoms with Gasteiger partial charge in [-0.3, -0.25) is 0 Å². The van der Waals surface area contributed by atoms with E-state index in [2.05, 4.69) is 31.0 Å². The van der Waals surface area contributed by atoms with Crippen LogP contribution in [0.3, 0.4) is 0 Å². The normalized spacial score (nSPS) is 14.6. The van der Waals surface area contributed by atoms with Crippen LogP contribution in [-0.4, -0.2) is 31.1 Å². The summed E-state index contributed by atoms with van der Waals surface area (Å²) >= 11 is 0. The fourth-order valence-electron chi connectivity index (χ4n) is 2.50. The minimum atomic E-state index is -0.519. The maximum absolute atomic E-state index is 13.3. The van der Waals surface area contributed by atoms with E-state index in [1.807, 2.05) is 7.05 Å². The standard InChI is InChI=1S/C16H26F2N2/c1-5-12(3)20(6-2)8-7-16(19-4)13-9-14(17)11-15(18)10-13/h9-12,16,19H,5-8H2,1-4H3. The Morgan fingerprint density at radius 2 is 1.75 bits per heavy atom. The number of hydrogen-bond donors (Lipinski definition) is 1. The second kappa shape index (κ2) is 8.32. The Morgan fingerprint density at radius 3 is 2.20 bits per heavy atom. The summed E-state index contributed by atoms with van der Waals surface area (Å²) in [6.07, 6.45) is 1.93. The van der Waals surface area contributed by atoms with Gasteiger partial charge in [-0.05, 0) is 51.1 Å². The zero-order valence-electron chi connectivity index (χ0n) is 12.9. The molecule has 0 bridgehead atoms. The summed E-state index contributed by atoms with van der Waals surface area (Å²) in [5, 5.41) is 3.15. The van der Waals surface area contributed by atoms with E-state index in [1.54, 1.807) is 0 Å². The molecule has 0 spiro atoms. The van der Waals surface area contributed by atoms with Gasteiger partial charge in [0.25, 0.3) is 0 Å². The summed E-state index contributed by atoms with van der Waals surface area (Å²) < 4.78 is 26.6. The van der Waals surface area contributed by atoms with Crippen molar-refractivity contribution in [2.45, 2.75) is 45.7 Å². The summed E-state index contributed by atoms with van der Waals surface area (Å²) in [5.74, 6) is -1.04. The fourth-order valence-corrected chi connectivity index (χ4v) is 2.50. The number of benzene rings is 1. The van der Waals surface area contributed by atoms with E-state index in [4.69, 9.17) is 0 Å². The van der Waals surface area contributed by atoms with Gasteiger partial charge < -0.3 is 10.2 Å². The summed E-state index contributed by atoms with van der Waals surface area (Å²) in [5.41, 5.74) is 0.671. The second-order valence-corrected chi connectivity index (χ2v) is 5.22. The van der Waals surface area contributed by atoms with Crippen LogP contribution in [0.1, 0.15) is 45.2 Å². The van der Waals surface area contributed by atoms with Crippen molar-refractivity contribution >= 4 is 0 Å². The van der Waals surface area contributed by atoms with Crippen LogP contribution in [0.4, 0.5) is 8.78 Å². The first-order valence-corrected chi connectivity index (χ1v) is 7.39. The fraction of sp³-hybridized carbons (Fsp3) is 0.625. The molecule has 2 atom stereocenters. The molecule has 20 heavy (non-hydrogen) atoms. The van der Waals surface area contributed by atoms with Crippen LogP contribution in [0.5, 0.6) is 0 Å². The van der Waals surface area contributed by atoms with Gasteiger partial charge in [-0.1, -0.05) is 13.8 Å². The Bertz CT molecular complexity index is 389. The topological polar surface area (TPSA) is 15.3 Å². The van der Waals surface area contributed by atoms with Gasteiger partial charge in [0.1, 0.15) is 11.6 Å². The van der Waals surface area contributed by atoms with E-state index in [0.29, 0.717) is 11.6 Å². The lowest BCUT2D eigenvalue weighted by atomic mass is 10.0. The van der Waals surface area contributed by atoms with Gasteiger partial charge >= 0.3 is 0 Å². The van der Waals surface area contributed by atoms with Crippen LogP contribution < -0.4 is 5.32 Å². The summed E-state index contributed by atoms with van der Waals surface area (Å²) in [7, 11) is 1.83. The van der Waals surface area contributed by atoms with E-state index in [1.165, 1.54) is 12.1 Å². The lowest BCUT2D eigenvalue weighted by Crippen LogP contribution is -2.35. The predicted octanol–water partition coefficient (Wildman–Crippen LogP) is 3.74. The van der Waals surface area contributed by atoms with Gasteiger partial charge in [0.2, 0.25) is 0 Å². The predicted molar refractivity (Wildman–Crippen MR) is 79.8 cm³/mol. The third-order valence-electron chi connectivity index (χ3n) is 3.96. The highest BCUT2D eigenvalue weighted by molar-refractivity contribution is 5.21. The molecule has 1 aromatic rings. The quantitative estimate of drug-likeness (QED) is 0.782. The molecular formula is C16H26F2N2. The molecule has 1 N–H and O–H groups in total. The van der Waals surface area contributed by atoms with Crippen molar-refractivity contribution < 1.29 is 8.78 Å². The highest BCUT2D eigenvalue weighted by atomic mass is 19.1. The molecule has 114 valence electrons. The second-order valence-electron chi connectivity index (χ2n) is 5.22. The summed E-state index contributed by atoms with van der Waals surface area (Å²) in [4.78, 5) is 2.39. The molecule has 0 heterocycles. The Kier molecular flexibility index (Phi) is 7.10. The van der Waals surface area contributed by atoms with Gasteiger partial charge in [-0.25, -0.2) is 8.78 Å². The third-order valence-corrected chi connectivity index (χ3v) is 3.96. The Balaban J connectivity index is 2.71. The first-order valence-electron chi connectivity index (χ1n) is 7.39. The highest BCUT2D eigenvalue weighted by Crippen LogP contribution is 2.20. The molecule has 0 aliphatic carbocycles. The first kappa shape index (κ1) is 17.1. The average Bonchev–Trinajstić information content (AvgIpc) is 2.42. The van der Waals surface area contributed by atoms with Gasteiger partial charge in [0.15, 0.2) is 0 Å². The molecular weight excluding hydrogens is 258 g/mol. The third kappa shape index (κ3) is 4.84. The summed E-state index contributed by atoms with van der Waals surface area (Å²) in [6.45, 7) is 8.42. The van der Waals surface area contributed by atoms with Crippen molar-refractivity contribution in [2.24, 2.45) is 0 Å². The van der Waals surface area contributed by atoms with E-state index in [0.717, 1.165) is 32.0 Å². The van der Waals surface area contributed by atoms with Crippen molar-refractivity contribution in [2.75, 3.05) is 20.1 Å². The number of nitrogens with zero attached hydrogens (tertiary/aromatic N) is 1. The molecule has 0 aromatic heterocycles. The average molecular weight is 284 g/mol. The molecule has 0 amide bonds. The molecule has 0 saturated heterocycles. The van der Waals surface area contributed by atoms with Crippen LogP contribution in [-0.2, 0) is 0 Å². The van der Waals surface area contributed by atoms with E-state index < -0.39 is 11.6 Å². The molecule has 0 fully saturated rings. The van der Waals surface area contributed by atoms with Crippen LogP contribution in [0.25, 0.3) is 0 Å². The molecule has 0 aliphatic rings. The van der Waals surface area contributed by atoms with Crippen LogP contribution >= 0.6 is 0 Å². The van der Waals surface area contributed by atoms with Gasteiger partial charge in [0, 0.05) is 24.7 Å². The molecule has 2 unspecified atom stereocenters. The van der Waals surface area contributed by atoms with Crippen LogP contribution in [0, 0.1) is 11.6 Å². The first-order chi connectivity index (χ1) is 9.51. The minimum absolute atomic E-state index is 0.0293. The Morgan fingerprint density at radius 1 is 1.15 bits per heavy atom. The molecule has 4 heteroatoms. The zero-order chi connectivity index (χ0) is 15.1. The summed E-state index contributed by atoms with van der Waals surface area (Å²) in [6, 6.07) is 4.22. The number of rotatable bonds is 8. The lowest BCUT2D eigenvalue weighted by molar-refractivity contribution is 0.204. The van der Waals surface area contributed by atoms with Gasteiger partial charge in [-0.15, -0.1) is 0 Å². The van der Waals surface area contributed by atoms with Crippen LogP contribution in [0.2, 0.25) is 0 Å². The van der Waals surface area contributed by atoms with E-state index >= 15 is 0 Å². The van der Waals surface area contributed by atoms with Crippen molar-refractivity contribution in [3.05, 3.63) is 35.4 Å². The van der Waals surface area contributed by atoms with Crippen molar-refractivity contribution in [3.8, 4) is 0 Å². The largest absolute Gasteiger partial charge is 0.313 e. The number of hydrogen-bond acceptors (Lipinski definition) is 2. The Hall–Kier alpha value is -1.00. The van der Waals surface area contributed by atoms with Crippen molar-refractivity contribution in [1.29, 1.82) is 0 Å². The highest BCUT2D eigenvalue weighted by Gasteiger charge is 2.15. The number of nitrogens with one attached hydrogen (secondary N) is 1.